The van der Waals surface area contributed by atoms with Crippen molar-refractivity contribution in [2.24, 2.45) is 0 Å². The second-order valence-electron chi connectivity index (χ2n) is 4.07. The minimum absolute atomic E-state index is 0.175. The topological polar surface area (TPSA) is 29.1 Å². The van der Waals surface area contributed by atoms with Crippen molar-refractivity contribution in [1.82, 2.24) is 5.32 Å². The zero-order valence-electron chi connectivity index (χ0n) is 9.50. The van der Waals surface area contributed by atoms with E-state index in [0.717, 1.165) is 23.3 Å². The second-order valence-corrected chi connectivity index (χ2v) is 6.15. The van der Waals surface area contributed by atoms with Crippen LogP contribution >= 0.6 is 11.6 Å². The van der Waals surface area contributed by atoms with E-state index >= 15 is 0 Å². The lowest BCUT2D eigenvalue weighted by Crippen LogP contribution is -2.26. The van der Waals surface area contributed by atoms with Gasteiger partial charge in [-0.1, -0.05) is 24.9 Å². The normalized spacial score (nSPS) is 28.1. The standard InChI is InChI=1S/C12H16ClNOS/c1-3-4-11-12(14-2)9-7-8(13)5-6-10(9)16(11)15/h5-7,11-12,14H,3-4H2,1-2H3. The van der Waals surface area contributed by atoms with Gasteiger partial charge in [-0.3, -0.25) is 4.21 Å². The Morgan fingerprint density at radius 3 is 2.88 bits per heavy atom. The number of hydrogen-bond donors (Lipinski definition) is 1. The van der Waals surface area contributed by atoms with Gasteiger partial charge in [0.05, 0.1) is 16.0 Å². The molecule has 4 heteroatoms. The molecule has 3 atom stereocenters. The van der Waals surface area contributed by atoms with Crippen molar-refractivity contribution >= 4 is 22.4 Å². The van der Waals surface area contributed by atoms with Crippen LogP contribution < -0.4 is 5.32 Å². The second kappa shape index (κ2) is 4.86. The molecule has 0 amide bonds. The molecule has 0 fully saturated rings. The summed E-state index contributed by atoms with van der Waals surface area (Å²) >= 11 is 5.99. The summed E-state index contributed by atoms with van der Waals surface area (Å²) in [6, 6.07) is 5.83. The lowest BCUT2D eigenvalue weighted by Gasteiger charge is -2.17. The van der Waals surface area contributed by atoms with Crippen LogP contribution in [0.5, 0.6) is 0 Å². The Hall–Kier alpha value is -0.380. The third-order valence-electron chi connectivity index (χ3n) is 3.05. The van der Waals surface area contributed by atoms with Gasteiger partial charge in [0, 0.05) is 16.0 Å². The van der Waals surface area contributed by atoms with Crippen LogP contribution in [0.25, 0.3) is 0 Å². The van der Waals surface area contributed by atoms with Crippen LogP contribution in [0.4, 0.5) is 0 Å². The Kier molecular flexibility index (Phi) is 3.67. The molecule has 16 heavy (non-hydrogen) atoms. The number of benzene rings is 1. The minimum atomic E-state index is -0.895. The average molecular weight is 258 g/mol. The van der Waals surface area contributed by atoms with E-state index in [2.05, 4.69) is 12.2 Å². The smallest absolute Gasteiger partial charge is 0.0589 e. The SMILES string of the molecule is CCCC1C(NC)c2cc(Cl)ccc2S1=O. The van der Waals surface area contributed by atoms with E-state index in [9.17, 15) is 4.21 Å². The van der Waals surface area contributed by atoms with E-state index in [4.69, 9.17) is 11.6 Å². The lowest BCUT2D eigenvalue weighted by atomic mass is 10.0. The van der Waals surface area contributed by atoms with E-state index < -0.39 is 10.8 Å². The maximum atomic E-state index is 12.3. The number of hydrogen-bond acceptors (Lipinski definition) is 2. The number of fused-ring (bicyclic) bond motifs is 1. The lowest BCUT2D eigenvalue weighted by molar-refractivity contribution is 0.535. The Labute approximate surface area is 104 Å². The van der Waals surface area contributed by atoms with Gasteiger partial charge in [0.1, 0.15) is 0 Å². The zero-order chi connectivity index (χ0) is 11.7. The molecular formula is C12H16ClNOS. The number of halogens is 1. The summed E-state index contributed by atoms with van der Waals surface area (Å²) in [5.74, 6) is 0. The summed E-state index contributed by atoms with van der Waals surface area (Å²) in [4.78, 5) is 0.946. The van der Waals surface area contributed by atoms with E-state index in [-0.39, 0.29) is 11.3 Å². The van der Waals surface area contributed by atoms with Gasteiger partial charge in [0.15, 0.2) is 0 Å². The third-order valence-corrected chi connectivity index (χ3v) is 5.15. The third kappa shape index (κ3) is 1.92. The van der Waals surface area contributed by atoms with E-state index in [1.807, 2.05) is 25.2 Å². The van der Waals surface area contributed by atoms with E-state index in [1.54, 1.807) is 0 Å². The van der Waals surface area contributed by atoms with Crippen molar-refractivity contribution in [3.63, 3.8) is 0 Å². The Bertz CT molecular complexity index is 421. The molecule has 1 aromatic rings. The molecule has 1 N–H and O–H groups in total. The van der Waals surface area contributed by atoms with Gasteiger partial charge in [0.25, 0.3) is 0 Å². The first-order valence-electron chi connectivity index (χ1n) is 5.56. The molecule has 1 heterocycles. The zero-order valence-corrected chi connectivity index (χ0v) is 11.1. The highest BCUT2D eigenvalue weighted by Gasteiger charge is 2.37. The van der Waals surface area contributed by atoms with Gasteiger partial charge in [-0.25, -0.2) is 0 Å². The molecule has 0 spiro atoms. The fourth-order valence-corrected chi connectivity index (χ4v) is 4.44. The molecule has 0 saturated heterocycles. The highest BCUT2D eigenvalue weighted by molar-refractivity contribution is 7.86. The quantitative estimate of drug-likeness (QED) is 0.902. The first-order chi connectivity index (χ1) is 7.69. The summed E-state index contributed by atoms with van der Waals surface area (Å²) in [6.45, 7) is 2.12. The minimum Gasteiger partial charge on any atom is -0.312 e. The summed E-state index contributed by atoms with van der Waals surface area (Å²) in [7, 11) is 1.02. The molecule has 0 aliphatic carbocycles. The molecule has 0 radical (unpaired) electrons. The van der Waals surface area contributed by atoms with Crippen LogP contribution in [0, 0.1) is 0 Å². The molecule has 1 aliphatic heterocycles. The highest BCUT2D eigenvalue weighted by atomic mass is 35.5. The molecule has 88 valence electrons. The molecule has 2 rings (SSSR count). The van der Waals surface area contributed by atoms with Crippen molar-refractivity contribution in [2.45, 2.75) is 36.0 Å². The molecule has 3 unspecified atom stereocenters. The molecule has 0 bridgehead atoms. The summed E-state index contributed by atoms with van der Waals surface area (Å²) < 4.78 is 12.3. The van der Waals surface area contributed by atoms with Crippen LogP contribution in [0.3, 0.4) is 0 Å². The largest absolute Gasteiger partial charge is 0.312 e. The monoisotopic (exact) mass is 257 g/mol. The number of nitrogens with one attached hydrogen (secondary N) is 1. The van der Waals surface area contributed by atoms with Gasteiger partial charge in [-0.15, -0.1) is 0 Å². The highest BCUT2D eigenvalue weighted by Crippen LogP contribution is 2.39. The van der Waals surface area contributed by atoms with Crippen molar-refractivity contribution in [1.29, 1.82) is 0 Å². The van der Waals surface area contributed by atoms with Crippen molar-refractivity contribution in [3.05, 3.63) is 28.8 Å². The fourth-order valence-electron chi connectivity index (χ4n) is 2.33. The van der Waals surface area contributed by atoms with E-state index in [0.29, 0.717) is 5.02 Å². The van der Waals surface area contributed by atoms with Crippen LogP contribution in [-0.4, -0.2) is 16.5 Å². The van der Waals surface area contributed by atoms with Gasteiger partial charge >= 0.3 is 0 Å². The van der Waals surface area contributed by atoms with Crippen LogP contribution in [0.15, 0.2) is 23.1 Å². The fraction of sp³-hybridized carbons (Fsp3) is 0.500. The van der Waals surface area contributed by atoms with Crippen LogP contribution in [-0.2, 0) is 10.8 Å². The van der Waals surface area contributed by atoms with E-state index in [1.165, 1.54) is 0 Å². The molecular weight excluding hydrogens is 242 g/mol. The first-order valence-corrected chi connectivity index (χ1v) is 7.15. The van der Waals surface area contributed by atoms with Gasteiger partial charge in [0.2, 0.25) is 0 Å². The summed E-state index contributed by atoms with van der Waals surface area (Å²) in [6.07, 6.45) is 2.03. The van der Waals surface area contributed by atoms with Crippen LogP contribution in [0.1, 0.15) is 31.4 Å². The molecule has 1 aromatic carbocycles. The molecule has 0 aromatic heterocycles. The van der Waals surface area contributed by atoms with Gasteiger partial charge < -0.3 is 5.32 Å². The van der Waals surface area contributed by atoms with Crippen LogP contribution in [0.2, 0.25) is 5.02 Å². The molecule has 0 saturated carbocycles. The van der Waals surface area contributed by atoms with Crippen molar-refractivity contribution in [2.75, 3.05) is 7.05 Å². The molecule has 2 nitrogen and oxygen atoms in total. The van der Waals surface area contributed by atoms with Gasteiger partial charge in [-0.2, -0.15) is 0 Å². The maximum absolute atomic E-state index is 12.3. The predicted molar refractivity (Wildman–Crippen MR) is 68.4 cm³/mol. The average Bonchev–Trinajstić information content (AvgIpc) is 2.52. The molecule has 1 aliphatic rings. The van der Waals surface area contributed by atoms with Crippen molar-refractivity contribution < 1.29 is 4.21 Å². The summed E-state index contributed by atoms with van der Waals surface area (Å²) in [5.41, 5.74) is 1.10. The van der Waals surface area contributed by atoms with Crippen molar-refractivity contribution in [3.8, 4) is 0 Å². The summed E-state index contributed by atoms with van der Waals surface area (Å²) in [5, 5.41) is 4.16. The van der Waals surface area contributed by atoms with Gasteiger partial charge in [-0.05, 0) is 37.2 Å². The maximum Gasteiger partial charge on any atom is 0.0589 e. The Morgan fingerprint density at radius 2 is 2.25 bits per heavy atom. The Balaban J connectivity index is 2.43. The first kappa shape index (κ1) is 12.1. The number of rotatable bonds is 3. The predicted octanol–water partition coefficient (Wildman–Crippen LogP) is 2.89. The Morgan fingerprint density at radius 1 is 1.50 bits per heavy atom.